The van der Waals surface area contributed by atoms with Crippen LogP contribution in [0.2, 0.25) is 0 Å². The summed E-state index contributed by atoms with van der Waals surface area (Å²) in [5.41, 5.74) is 3.61. The van der Waals surface area contributed by atoms with Crippen LogP contribution in [-0.4, -0.2) is 24.9 Å². The number of carbonyl (C=O) groups is 2. The second-order valence-corrected chi connectivity index (χ2v) is 7.59. The van der Waals surface area contributed by atoms with Gasteiger partial charge in [0.15, 0.2) is 5.76 Å². The molecule has 0 aliphatic carbocycles. The van der Waals surface area contributed by atoms with E-state index in [0.29, 0.717) is 17.8 Å². The molecule has 1 aliphatic rings. The molecule has 1 fully saturated rings. The molecule has 154 valence electrons. The topological polar surface area (TPSA) is 75.8 Å². The Morgan fingerprint density at radius 1 is 0.867 bits per heavy atom. The van der Waals surface area contributed by atoms with Gasteiger partial charge in [0, 0.05) is 36.2 Å². The van der Waals surface area contributed by atoms with E-state index in [1.165, 1.54) is 37.8 Å². The van der Waals surface area contributed by atoms with Gasteiger partial charge in [-0.15, -0.1) is 0 Å². The lowest BCUT2D eigenvalue weighted by atomic mass is 10.1. The molecule has 2 aromatic carbocycles. The SMILES string of the molecule is O=C(NCc1ccccc1C[NH+]1CCCC1)c1ccc(NC(=O)c2ccco2)cc1. The Balaban J connectivity index is 1.34. The number of nitrogens with one attached hydrogen (secondary N) is 3. The summed E-state index contributed by atoms with van der Waals surface area (Å²) in [5, 5.41) is 5.76. The molecule has 6 heteroatoms. The van der Waals surface area contributed by atoms with E-state index in [1.54, 1.807) is 41.3 Å². The number of amides is 2. The van der Waals surface area contributed by atoms with Gasteiger partial charge in [-0.05, 0) is 42.0 Å². The third-order valence-corrected chi connectivity index (χ3v) is 5.46. The minimum Gasteiger partial charge on any atom is -0.459 e. The van der Waals surface area contributed by atoms with Gasteiger partial charge in [0.25, 0.3) is 11.8 Å². The Kier molecular flexibility index (Phi) is 6.25. The molecule has 3 N–H and O–H groups in total. The number of furan rings is 1. The highest BCUT2D eigenvalue weighted by molar-refractivity contribution is 6.02. The van der Waals surface area contributed by atoms with Crippen LogP contribution in [0.1, 0.15) is 44.9 Å². The first-order chi connectivity index (χ1) is 14.7. The second kappa shape index (κ2) is 9.41. The highest BCUT2D eigenvalue weighted by Gasteiger charge is 2.17. The van der Waals surface area contributed by atoms with E-state index >= 15 is 0 Å². The molecular weight excluding hydrogens is 378 g/mol. The first-order valence-corrected chi connectivity index (χ1v) is 10.3. The van der Waals surface area contributed by atoms with Gasteiger partial charge in [0.1, 0.15) is 6.54 Å². The molecule has 3 aromatic rings. The summed E-state index contributed by atoms with van der Waals surface area (Å²) in [6, 6.07) is 18.4. The van der Waals surface area contributed by atoms with Crippen LogP contribution in [-0.2, 0) is 13.1 Å². The zero-order chi connectivity index (χ0) is 20.8. The predicted molar refractivity (Wildman–Crippen MR) is 114 cm³/mol. The van der Waals surface area contributed by atoms with E-state index in [2.05, 4.69) is 28.8 Å². The third kappa shape index (κ3) is 4.96. The molecule has 0 spiro atoms. The van der Waals surface area contributed by atoms with Crippen molar-refractivity contribution in [2.75, 3.05) is 18.4 Å². The summed E-state index contributed by atoms with van der Waals surface area (Å²) < 4.78 is 5.08. The van der Waals surface area contributed by atoms with Gasteiger partial charge in [0.2, 0.25) is 0 Å². The van der Waals surface area contributed by atoms with Crippen LogP contribution >= 0.6 is 0 Å². The fraction of sp³-hybridized carbons (Fsp3) is 0.250. The summed E-state index contributed by atoms with van der Waals surface area (Å²) in [6.07, 6.45) is 4.05. The van der Waals surface area contributed by atoms with E-state index in [1.807, 2.05) is 6.07 Å². The Morgan fingerprint density at radius 2 is 1.60 bits per heavy atom. The molecule has 30 heavy (non-hydrogen) atoms. The molecule has 0 bridgehead atoms. The van der Waals surface area contributed by atoms with Crippen molar-refractivity contribution in [1.82, 2.24) is 5.32 Å². The number of hydrogen-bond donors (Lipinski definition) is 3. The fourth-order valence-electron chi connectivity index (χ4n) is 3.81. The average molecular weight is 404 g/mol. The van der Waals surface area contributed by atoms with Crippen LogP contribution in [0.5, 0.6) is 0 Å². The second-order valence-electron chi connectivity index (χ2n) is 7.59. The lowest BCUT2D eigenvalue weighted by Gasteiger charge is -2.15. The molecule has 1 saturated heterocycles. The molecule has 6 nitrogen and oxygen atoms in total. The van der Waals surface area contributed by atoms with Crippen LogP contribution < -0.4 is 15.5 Å². The fourth-order valence-corrected chi connectivity index (χ4v) is 3.81. The molecule has 2 amide bonds. The first kappa shape index (κ1) is 19.9. The molecule has 4 rings (SSSR count). The van der Waals surface area contributed by atoms with Crippen molar-refractivity contribution in [1.29, 1.82) is 0 Å². The Labute approximate surface area is 175 Å². The largest absolute Gasteiger partial charge is 0.459 e. The Bertz CT molecular complexity index is 991. The van der Waals surface area contributed by atoms with Crippen molar-refractivity contribution < 1.29 is 18.9 Å². The van der Waals surface area contributed by atoms with Crippen LogP contribution in [0.3, 0.4) is 0 Å². The first-order valence-electron chi connectivity index (χ1n) is 10.3. The molecular formula is C24H26N3O3+. The quantitative estimate of drug-likeness (QED) is 0.567. The molecule has 2 heterocycles. The maximum atomic E-state index is 12.6. The maximum absolute atomic E-state index is 12.6. The van der Waals surface area contributed by atoms with Crippen molar-refractivity contribution in [3.05, 3.63) is 89.4 Å². The van der Waals surface area contributed by atoms with Crippen molar-refractivity contribution in [3.8, 4) is 0 Å². The van der Waals surface area contributed by atoms with Crippen molar-refractivity contribution in [2.24, 2.45) is 0 Å². The summed E-state index contributed by atoms with van der Waals surface area (Å²) in [7, 11) is 0. The van der Waals surface area contributed by atoms with Crippen LogP contribution in [0.4, 0.5) is 5.69 Å². The van der Waals surface area contributed by atoms with Gasteiger partial charge in [-0.1, -0.05) is 24.3 Å². The summed E-state index contributed by atoms with van der Waals surface area (Å²) >= 11 is 0. The van der Waals surface area contributed by atoms with Crippen molar-refractivity contribution in [2.45, 2.75) is 25.9 Å². The van der Waals surface area contributed by atoms with Crippen LogP contribution in [0, 0.1) is 0 Å². The molecule has 1 aromatic heterocycles. The number of quaternary nitrogens is 1. The van der Waals surface area contributed by atoms with E-state index < -0.39 is 0 Å². The van der Waals surface area contributed by atoms with E-state index in [4.69, 9.17) is 4.42 Å². The standard InChI is InChI=1S/C24H25N3O3/c28-23(18-9-11-21(12-10-18)26-24(29)22-8-5-15-30-22)25-16-19-6-1-2-7-20(19)17-27-13-3-4-14-27/h1-2,5-12,15H,3-4,13-14,16-17H2,(H,25,28)(H,26,29)/p+1. The Hall–Kier alpha value is -3.38. The minimum absolute atomic E-state index is 0.137. The molecule has 0 unspecified atom stereocenters. The monoisotopic (exact) mass is 404 g/mol. The van der Waals surface area contributed by atoms with Gasteiger partial charge >= 0.3 is 0 Å². The number of carbonyl (C=O) groups excluding carboxylic acids is 2. The summed E-state index contributed by atoms with van der Waals surface area (Å²) in [4.78, 5) is 26.2. The molecule has 0 radical (unpaired) electrons. The number of anilines is 1. The number of hydrogen-bond acceptors (Lipinski definition) is 3. The smallest absolute Gasteiger partial charge is 0.291 e. The van der Waals surface area contributed by atoms with E-state index in [0.717, 1.165) is 12.1 Å². The summed E-state index contributed by atoms with van der Waals surface area (Å²) in [5.74, 6) is -0.220. The van der Waals surface area contributed by atoms with Crippen molar-refractivity contribution in [3.63, 3.8) is 0 Å². The molecule has 0 saturated carbocycles. The molecule has 0 atom stereocenters. The van der Waals surface area contributed by atoms with Crippen LogP contribution in [0.15, 0.2) is 71.3 Å². The van der Waals surface area contributed by atoms with Gasteiger partial charge in [-0.2, -0.15) is 0 Å². The Morgan fingerprint density at radius 3 is 2.30 bits per heavy atom. The lowest BCUT2D eigenvalue weighted by molar-refractivity contribution is -0.901. The molecule has 1 aliphatic heterocycles. The van der Waals surface area contributed by atoms with Gasteiger partial charge in [-0.25, -0.2) is 0 Å². The van der Waals surface area contributed by atoms with Gasteiger partial charge in [-0.3, -0.25) is 9.59 Å². The highest BCUT2D eigenvalue weighted by atomic mass is 16.3. The maximum Gasteiger partial charge on any atom is 0.291 e. The predicted octanol–water partition coefficient (Wildman–Crippen LogP) is 2.64. The van der Waals surface area contributed by atoms with Gasteiger partial charge in [0.05, 0.1) is 19.4 Å². The third-order valence-electron chi connectivity index (χ3n) is 5.46. The van der Waals surface area contributed by atoms with E-state index in [9.17, 15) is 9.59 Å². The van der Waals surface area contributed by atoms with Gasteiger partial charge < -0.3 is 20.0 Å². The summed E-state index contributed by atoms with van der Waals surface area (Å²) in [6.45, 7) is 3.96. The lowest BCUT2D eigenvalue weighted by Crippen LogP contribution is -3.08. The number of likely N-dealkylation sites (tertiary alicyclic amines) is 1. The average Bonchev–Trinajstić information content (AvgIpc) is 3.48. The minimum atomic E-state index is -0.325. The number of rotatable bonds is 7. The normalized spacial score (nSPS) is 13.9. The van der Waals surface area contributed by atoms with Crippen molar-refractivity contribution >= 4 is 17.5 Å². The highest BCUT2D eigenvalue weighted by Crippen LogP contribution is 2.13. The zero-order valence-corrected chi connectivity index (χ0v) is 16.8. The number of benzene rings is 2. The van der Waals surface area contributed by atoms with Crippen LogP contribution in [0.25, 0.3) is 0 Å². The zero-order valence-electron chi connectivity index (χ0n) is 16.8. The van der Waals surface area contributed by atoms with E-state index in [-0.39, 0.29) is 17.6 Å².